The molecule has 1 atom stereocenters. The Kier molecular flexibility index (Phi) is 7.45. The number of hydrogen-bond acceptors (Lipinski definition) is 3. The van der Waals surface area contributed by atoms with Crippen molar-refractivity contribution in [3.63, 3.8) is 0 Å². The van der Waals surface area contributed by atoms with Crippen LogP contribution in [0.25, 0.3) is 0 Å². The molecule has 1 fully saturated rings. The molecule has 0 aromatic heterocycles. The average molecular weight is 339 g/mol. The maximum atomic E-state index is 12.9. The number of nitrogens with one attached hydrogen (secondary N) is 1. The summed E-state index contributed by atoms with van der Waals surface area (Å²) >= 11 is 0. The summed E-state index contributed by atoms with van der Waals surface area (Å²) in [6, 6.07) is 6.34. The first-order chi connectivity index (χ1) is 9.99. The first kappa shape index (κ1) is 19.1. The van der Waals surface area contributed by atoms with Gasteiger partial charge < -0.3 is 10.1 Å². The minimum absolute atomic E-state index is 0. The van der Waals surface area contributed by atoms with Crippen molar-refractivity contribution in [1.29, 1.82) is 0 Å². The van der Waals surface area contributed by atoms with E-state index in [1.807, 2.05) is 11.8 Å². The van der Waals surface area contributed by atoms with Gasteiger partial charge in [-0.2, -0.15) is 13.2 Å². The van der Waals surface area contributed by atoms with Crippen LogP contribution in [-0.2, 0) is 0 Å². The van der Waals surface area contributed by atoms with Crippen LogP contribution in [-0.4, -0.2) is 43.9 Å². The fourth-order valence-corrected chi connectivity index (χ4v) is 2.62. The van der Waals surface area contributed by atoms with Gasteiger partial charge in [0.05, 0.1) is 13.0 Å². The van der Waals surface area contributed by atoms with Crippen LogP contribution < -0.4 is 10.1 Å². The van der Waals surface area contributed by atoms with E-state index in [4.69, 9.17) is 4.74 Å². The van der Waals surface area contributed by atoms with E-state index in [9.17, 15) is 13.2 Å². The molecule has 1 N–H and O–H groups in total. The van der Waals surface area contributed by atoms with Crippen LogP contribution in [0.5, 0.6) is 5.75 Å². The molecule has 1 saturated heterocycles. The fourth-order valence-electron chi connectivity index (χ4n) is 2.62. The second-order valence-electron chi connectivity index (χ2n) is 5.12. The van der Waals surface area contributed by atoms with Gasteiger partial charge in [0.15, 0.2) is 0 Å². The lowest BCUT2D eigenvalue weighted by Crippen LogP contribution is -2.46. The molecule has 1 aromatic rings. The van der Waals surface area contributed by atoms with E-state index in [0.29, 0.717) is 31.0 Å². The zero-order valence-electron chi connectivity index (χ0n) is 12.5. The summed E-state index contributed by atoms with van der Waals surface area (Å²) in [5.41, 5.74) is 0.692. The Labute approximate surface area is 135 Å². The monoisotopic (exact) mass is 338 g/mol. The quantitative estimate of drug-likeness (QED) is 0.890. The molecule has 0 bridgehead atoms. The molecule has 0 unspecified atom stereocenters. The smallest absolute Gasteiger partial charge is 0.390 e. The standard InChI is InChI=1S/C15H21F3N2O.ClH/c1-2-21-13-5-3-12(4-6-13)14(11-15(16,17)18)20-9-7-19-8-10-20;/h3-6,14,19H,2,7-11H2,1H3;1H/t14-;/m1./s1. The second kappa shape index (κ2) is 8.60. The van der Waals surface area contributed by atoms with Crippen LogP contribution in [0.15, 0.2) is 24.3 Å². The van der Waals surface area contributed by atoms with Crippen molar-refractivity contribution in [2.24, 2.45) is 0 Å². The number of alkyl halides is 3. The summed E-state index contributed by atoms with van der Waals surface area (Å²) in [7, 11) is 0. The van der Waals surface area contributed by atoms with Gasteiger partial charge in [-0.25, -0.2) is 0 Å². The molecular weight excluding hydrogens is 317 g/mol. The molecule has 1 aliphatic heterocycles. The Morgan fingerprint density at radius 2 is 1.77 bits per heavy atom. The molecule has 22 heavy (non-hydrogen) atoms. The van der Waals surface area contributed by atoms with Crippen LogP contribution in [0.2, 0.25) is 0 Å². The lowest BCUT2D eigenvalue weighted by Gasteiger charge is -2.35. The molecule has 2 rings (SSSR count). The third-order valence-corrected chi connectivity index (χ3v) is 3.59. The van der Waals surface area contributed by atoms with E-state index < -0.39 is 18.6 Å². The maximum absolute atomic E-state index is 12.9. The third-order valence-electron chi connectivity index (χ3n) is 3.59. The van der Waals surface area contributed by atoms with E-state index in [1.165, 1.54) is 0 Å². The first-order valence-electron chi connectivity index (χ1n) is 7.24. The molecule has 0 saturated carbocycles. The highest BCUT2D eigenvalue weighted by Gasteiger charge is 2.35. The molecule has 3 nitrogen and oxygen atoms in total. The second-order valence-corrected chi connectivity index (χ2v) is 5.12. The zero-order chi connectivity index (χ0) is 15.3. The average Bonchev–Trinajstić information content (AvgIpc) is 2.46. The number of halogens is 4. The lowest BCUT2D eigenvalue weighted by atomic mass is 10.0. The van der Waals surface area contributed by atoms with Crippen LogP contribution in [0, 0.1) is 0 Å². The van der Waals surface area contributed by atoms with Gasteiger partial charge in [-0.3, -0.25) is 4.90 Å². The lowest BCUT2D eigenvalue weighted by molar-refractivity contribution is -0.148. The minimum Gasteiger partial charge on any atom is -0.494 e. The van der Waals surface area contributed by atoms with Crippen molar-refractivity contribution in [3.8, 4) is 5.75 Å². The highest BCUT2D eigenvalue weighted by molar-refractivity contribution is 5.85. The maximum Gasteiger partial charge on any atom is 0.390 e. The summed E-state index contributed by atoms with van der Waals surface area (Å²) in [4.78, 5) is 1.90. The molecule has 0 spiro atoms. The van der Waals surface area contributed by atoms with E-state index in [2.05, 4.69) is 5.32 Å². The summed E-state index contributed by atoms with van der Waals surface area (Å²) < 4.78 is 44.0. The van der Waals surface area contributed by atoms with Crippen molar-refractivity contribution in [2.75, 3.05) is 32.8 Å². The Bertz CT molecular complexity index is 433. The van der Waals surface area contributed by atoms with Gasteiger partial charge in [-0.1, -0.05) is 12.1 Å². The Balaban J connectivity index is 0.00000242. The number of ether oxygens (including phenoxy) is 1. The van der Waals surface area contributed by atoms with Crippen LogP contribution >= 0.6 is 12.4 Å². The molecular formula is C15H22ClF3N2O. The molecule has 0 amide bonds. The van der Waals surface area contributed by atoms with E-state index >= 15 is 0 Å². The van der Waals surface area contributed by atoms with Crippen molar-refractivity contribution >= 4 is 12.4 Å². The normalized spacial score (nSPS) is 17.6. The summed E-state index contributed by atoms with van der Waals surface area (Å²) in [6.07, 6.45) is -4.99. The highest BCUT2D eigenvalue weighted by Crippen LogP contribution is 2.34. The van der Waals surface area contributed by atoms with Crippen LogP contribution in [0.3, 0.4) is 0 Å². The Hall–Kier alpha value is -0.980. The van der Waals surface area contributed by atoms with Gasteiger partial charge in [0.25, 0.3) is 0 Å². The Morgan fingerprint density at radius 3 is 2.27 bits per heavy atom. The predicted molar refractivity (Wildman–Crippen MR) is 82.7 cm³/mol. The van der Waals surface area contributed by atoms with E-state index in [-0.39, 0.29) is 12.4 Å². The van der Waals surface area contributed by atoms with Gasteiger partial charge in [-0.15, -0.1) is 12.4 Å². The Morgan fingerprint density at radius 1 is 1.18 bits per heavy atom. The van der Waals surface area contributed by atoms with Crippen molar-refractivity contribution in [1.82, 2.24) is 10.2 Å². The molecule has 1 aliphatic rings. The summed E-state index contributed by atoms with van der Waals surface area (Å²) in [5.74, 6) is 0.687. The van der Waals surface area contributed by atoms with Gasteiger partial charge in [0, 0.05) is 32.2 Å². The van der Waals surface area contributed by atoms with Crippen LogP contribution in [0.4, 0.5) is 13.2 Å². The number of nitrogens with zero attached hydrogens (tertiary/aromatic N) is 1. The van der Waals surface area contributed by atoms with E-state index in [0.717, 1.165) is 13.1 Å². The van der Waals surface area contributed by atoms with Gasteiger partial charge in [0.1, 0.15) is 5.75 Å². The van der Waals surface area contributed by atoms with Gasteiger partial charge in [-0.05, 0) is 24.6 Å². The molecule has 0 radical (unpaired) electrons. The topological polar surface area (TPSA) is 24.5 Å². The highest BCUT2D eigenvalue weighted by atomic mass is 35.5. The summed E-state index contributed by atoms with van der Waals surface area (Å²) in [6.45, 7) is 5.14. The molecule has 0 aliphatic carbocycles. The fraction of sp³-hybridized carbons (Fsp3) is 0.600. The number of piperazine rings is 1. The SMILES string of the molecule is CCOc1ccc([C@@H](CC(F)(F)F)N2CCNCC2)cc1.Cl. The summed E-state index contributed by atoms with van der Waals surface area (Å²) in [5, 5.41) is 3.17. The molecule has 1 heterocycles. The minimum atomic E-state index is -4.17. The number of rotatable bonds is 5. The van der Waals surface area contributed by atoms with Crippen molar-refractivity contribution in [3.05, 3.63) is 29.8 Å². The van der Waals surface area contributed by atoms with E-state index in [1.54, 1.807) is 24.3 Å². The molecule has 1 aromatic carbocycles. The van der Waals surface area contributed by atoms with Crippen molar-refractivity contribution in [2.45, 2.75) is 25.6 Å². The van der Waals surface area contributed by atoms with Crippen molar-refractivity contribution < 1.29 is 17.9 Å². The predicted octanol–water partition coefficient (Wildman–Crippen LogP) is 3.41. The molecule has 7 heteroatoms. The third kappa shape index (κ3) is 5.66. The van der Waals surface area contributed by atoms with Crippen LogP contribution in [0.1, 0.15) is 24.9 Å². The largest absolute Gasteiger partial charge is 0.494 e. The first-order valence-corrected chi connectivity index (χ1v) is 7.24. The van der Waals surface area contributed by atoms with Gasteiger partial charge in [0.2, 0.25) is 0 Å². The molecule has 126 valence electrons. The zero-order valence-corrected chi connectivity index (χ0v) is 13.3. The number of benzene rings is 1. The van der Waals surface area contributed by atoms with Gasteiger partial charge >= 0.3 is 6.18 Å². The number of hydrogen-bond donors (Lipinski definition) is 1.